The van der Waals surface area contributed by atoms with Crippen LogP contribution in [0.4, 0.5) is 5.69 Å². The van der Waals surface area contributed by atoms with Crippen LogP contribution >= 0.6 is 23.2 Å². The molecule has 3 aromatic carbocycles. The van der Waals surface area contributed by atoms with Crippen molar-refractivity contribution < 1.29 is 9.53 Å². The van der Waals surface area contributed by atoms with Gasteiger partial charge in [0.1, 0.15) is 5.75 Å². The minimum atomic E-state index is -0.214. The standard InChI is InChI=1S/C24H19Cl2NO2/c1-29-24-17(11-14(25)12-18(24)26)23-16-7-4-8-20(28)22(16)21-15-6-3-2-5-13(15)9-10-19(21)27-23/h2-3,5-6,9-12,23,27H,4,7-8H2,1H3/t23-/m1/s1. The summed E-state index contributed by atoms with van der Waals surface area (Å²) in [4.78, 5) is 13.1. The van der Waals surface area contributed by atoms with E-state index in [9.17, 15) is 4.79 Å². The third-order valence-electron chi connectivity index (χ3n) is 5.83. The van der Waals surface area contributed by atoms with Crippen LogP contribution in [0.1, 0.15) is 36.4 Å². The number of methoxy groups -OCH3 is 1. The first-order chi connectivity index (χ1) is 14.1. The van der Waals surface area contributed by atoms with Gasteiger partial charge in [0.2, 0.25) is 0 Å². The lowest BCUT2D eigenvalue weighted by atomic mass is 9.76. The van der Waals surface area contributed by atoms with Gasteiger partial charge in [-0.05, 0) is 47.4 Å². The van der Waals surface area contributed by atoms with Gasteiger partial charge in [-0.1, -0.05) is 53.5 Å². The summed E-state index contributed by atoms with van der Waals surface area (Å²) in [6.45, 7) is 0. The first kappa shape index (κ1) is 18.5. The molecule has 29 heavy (non-hydrogen) atoms. The molecule has 0 saturated carbocycles. The molecule has 0 radical (unpaired) electrons. The molecule has 2 aliphatic rings. The number of hydrogen-bond donors (Lipinski definition) is 1. The Morgan fingerprint density at radius 3 is 2.72 bits per heavy atom. The zero-order valence-corrected chi connectivity index (χ0v) is 17.4. The van der Waals surface area contributed by atoms with Crippen molar-refractivity contribution in [3.63, 3.8) is 0 Å². The summed E-state index contributed by atoms with van der Waals surface area (Å²) in [5.41, 5.74) is 4.73. The van der Waals surface area contributed by atoms with Gasteiger partial charge in [-0.2, -0.15) is 0 Å². The maximum atomic E-state index is 13.1. The molecule has 0 fully saturated rings. The lowest BCUT2D eigenvalue weighted by Crippen LogP contribution is -2.26. The van der Waals surface area contributed by atoms with E-state index in [1.807, 2.05) is 18.2 Å². The Balaban J connectivity index is 1.81. The van der Waals surface area contributed by atoms with E-state index in [0.717, 1.165) is 51.6 Å². The highest BCUT2D eigenvalue weighted by molar-refractivity contribution is 6.36. The van der Waals surface area contributed by atoms with E-state index in [-0.39, 0.29) is 11.8 Å². The Hall–Kier alpha value is -2.49. The van der Waals surface area contributed by atoms with Gasteiger partial charge in [-0.3, -0.25) is 4.79 Å². The highest BCUT2D eigenvalue weighted by Gasteiger charge is 2.36. The van der Waals surface area contributed by atoms with Gasteiger partial charge in [0.15, 0.2) is 5.78 Å². The molecular formula is C24H19Cl2NO2. The molecule has 0 spiro atoms. The van der Waals surface area contributed by atoms with Gasteiger partial charge >= 0.3 is 0 Å². The third-order valence-corrected chi connectivity index (χ3v) is 6.33. The Morgan fingerprint density at radius 2 is 1.90 bits per heavy atom. The average molecular weight is 424 g/mol. The smallest absolute Gasteiger partial charge is 0.163 e. The van der Waals surface area contributed by atoms with Gasteiger partial charge in [0.05, 0.1) is 18.2 Å². The van der Waals surface area contributed by atoms with Crippen molar-refractivity contribution in [2.75, 3.05) is 12.4 Å². The number of carbonyl (C=O) groups excluding carboxylic acids is 1. The average Bonchev–Trinajstić information content (AvgIpc) is 2.72. The number of halogens is 2. The number of Topliss-reactive ketones (excluding diaryl/α,β-unsaturated/α-hetero) is 1. The van der Waals surface area contributed by atoms with Crippen LogP contribution in [0.3, 0.4) is 0 Å². The molecule has 5 heteroatoms. The van der Waals surface area contributed by atoms with Crippen LogP contribution in [0.25, 0.3) is 16.3 Å². The monoisotopic (exact) mass is 423 g/mol. The highest BCUT2D eigenvalue weighted by Crippen LogP contribution is 2.50. The number of ether oxygens (including phenoxy) is 1. The van der Waals surface area contributed by atoms with Crippen molar-refractivity contribution in [3.8, 4) is 5.75 Å². The van der Waals surface area contributed by atoms with Gasteiger partial charge < -0.3 is 10.1 Å². The minimum Gasteiger partial charge on any atom is -0.495 e. The van der Waals surface area contributed by atoms with E-state index in [1.54, 1.807) is 13.2 Å². The molecule has 3 aromatic rings. The Morgan fingerprint density at radius 1 is 1.07 bits per heavy atom. The predicted octanol–water partition coefficient (Wildman–Crippen LogP) is 6.83. The fourth-order valence-corrected chi connectivity index (χ4v) is 5.22. The molecule has 0 saturated heterocycles. The van der Waals surface area contributed by atoms with Crippen LogP contribution in [-0.4, -0.2) is 12.9 Å². The summed E-state index contributed by atoms with van der Waals surface area (Å²) in [6.07, 6.45) is 2.25. The van der Waals surface area contributed by atoms with E-state index < -0.39 is 0 Å². The second kappa shape index (κ2) is 7.08. The molecule has 1 aliphatic carbocycles. The molecular weight excluding hydrogens is 405 g/mol. The number of hydrogen-bond acceptors (Lipinski definition) is 3. The van der Waals surface area contributed by atoms with E-state index in [0.29, 0.717) is 22.2 Å². The zero-order chi connectivity index (χ0) is 20.1. The molecule has 146 valence electrons. The largest absolute Gasteiger partial charge is 0.495 e. The van der Waals surface area contributed by atoms with Gasteiger partial charge in [-0.15, -0.1) is 0 Å². The Kier molecular flexibility index (Phi) is 4.53. The molecule has 1 atom stereocenters. The second-order valence-corrected chi connectivity index (χ2v) is 8.32. The molecule has 5 rings (SSSR count). The van der Waals surface area contributed by atoms with E-state index in [4.69, 9.17) is 27.9 Å². The summed E-state index contributed by atoms with van der Waals surface area (Å²) in [5, 5.41) is 6.87. The first-order valence-corrected chi connectivity index (χ1v) is 10.4. The maximum absolute atomic E-state index is 13.1. The third kappa shape index (κ3) is 2.92. The summed E-state index contributed by atoms with van der Waals surface area (Å²) >= 11 is 12.7. The molecule has 0 unspecified atom stereocenters. The normalized spacial score (nSPS) is 18.3. The quantitative estimate of drug-likeness (QED) is 0.490. The van der Waals surface area contributed by atoms with E-state index in [1.165, 1.54) is 0 Å². The van der Waals surface area contributed by atoms with Crippen molar-refractivity contribution in [1.29, 1.82) is 0 Å². The number of anilines is 1. The molecule has 0 amide bonds. The number of fused-ring (bicyclic) bond motifs is 4. The summed E-state index contributed by atoms with van der Waals surface area (Å²) in [5.74, 6) is 0.783. The molecule has 1 N–H and O–H groups in total. The summed E-state index contributed by atoms with van der Waals surface area (Å²) in [7, 11) is 1.60. The number of rotatable bonds is 2. The minimum absolute atomic E-state index is 0.197. The van der Waals surface area contributed by atoms with Crippen molar-refractivity contribution in [3.05, 3.63) is 75.3 Å². The summed E-state index contributed by atoms with van der Waals surface area (Å²) < 4.78 is 5.61. The van der Waals surface area contributed by atoms with Crippen LogP contribution in [0.2, 0.25) is 10.0 Å². The summed E-state index contributed by atoms with van der Waals surface area (Å²) in [6, 6.07) is 15.7. The number of allylic oxidation sites excluding steroid dienone is 1. The number of benzene rings is 3. The van der Waals surface area contributed by atoms with Crippen LogP contribution in [0.15, 0.2) is 54.1 Å². The number of carbonyl (C=O) groups is 1. The van der Waals surface area contributed by atoms with Gasteiger partial charge in [0, 0.05) is 33.8 Å². The van der Waals surface area contributed by atoms with Crippen LogP contribution in [0, 0.1) is 0 Å². The lowest BCUT2D eigenvalue weighted by molar-refractivity contribution is -0.114. The molecule has 3 nitrogen and oxygen atoms in total. The van der Waals surface area contributed by atoms with Crippen molar-refractivity contribution >= 4 is 51.0 Å². The molecule has 1 aliphatic heterocycles. The van der Waals surface area contributed by atoms with E-state index >= 15 is 0 Å². The van der Waals surface area contributed by atoms with Crippen molar-refractivity contribution in [1.82, 2.24) is 0 Å². The predicted molar refractivity (Wildman–Crippen MR) is 119 cm³/mol. The zero-order valence-electron chi connectivity index (χ0n) is 15.9. The fraction of sp³-hybridized carbons (Fsp3) is 0.208. The Labute approximate surface area is 179 Å². The Bertz CT molecular complexity index is 1200. The lowest BCUT2D eigenvalue weighted by Gasteiger charge is -2.36. The van der Waals surface area contributed by atoms with Gasteiger partial charge in [-0.25, -0.2) is 0 Å². The molecule has 1 heterocycles. The second-order valence-electron chi connectivity index (χ2n) is 7.47. The molecule has 0 aromatic heterocycles. The van der Waals surface area contributed by atoms with Crippen molar-refractivity contribution in [2.45, 2.75) is 25.3 Å². The van der Waals surface area contributed by atoms with Crippen LogP contribution in [0.5, 0.6) is 5.75 Å². The van der Waals surface area contributed by atoms with E-state index in [2.05, 4.69) is 29.6 Å². The number of ketones is 1. The van der Waals surface area contributed by atoms with Crippen LogP contribution < -0.4 is 10.1 Å². The SMILES string of the molecule is COc1c(Cl)cc(Cl)cc1[C@@H]1Nc2ccc3ccccc3c2C2=C1CCCC2=O. The fourth-order valence-electron chi connectivity index (χ4n) is 4.64. The molecule has 0 bridgehead atoms. The number of nitrogens with one attached hydrogen (secondary N) is 1. The first-order valence-electron chi connectivity index (χ1n) is 9.66. The maximum Gasteiger partial charge on any atom is 0.163 e. The topological polar surface area (TPSA) is 38.3 Å². The van der Waals surface area contributed by atoms with Crippen LogP contribution in [-0.2, 0) is 4.79 Å². The van der Waals surface area contributed by atoms with Crippen molar-refractivity contribution in [2.24, 2.45) is 0 Å². The van der Waals surface area contributed by atoms with Gasteiger partial charge in [0.25, 0.3) is 0 Å². The highest BCUT2D eigenvalue weighted by atomic mass is 35.5.